The fourth-order valence-electron chi connectivity index (χ4n) is 4.16. The molecule has 0 N–H and O–H groups in total. The van der Waals surface area contributed by atoms with Gasteiger partial charge in [-0.25, -0.2) is 9.79 Å². The van der Waals surface area contributed by atoms with Gasteiger partial charge < -0.3 is 18.9 Å². The Hall–Kier alpha value is -4.11. The van der Waals surface area contributed by atoms with Crippen LogP contribution in [-0.4, -0.2) is 38.0 Å². The molecule has 1 aliphatic rings. The maximum atomic E-state index is 13.9. The number of allylic oxidation sites excluding steroid dienone is 1. The molecule has 1 aliphatic heterocycles. The largest absolute Gasteiger partial charge is 0.497 e. The monoisotopic (exact) mass is 520 g/mol. The van der Waals surface area contributed by atoms with E-state index in [-0.39, 0.29) is 17.7 Å². The van der Waals surface area contributed by atoms with Crippen LogP contribution >= 0.6 is 11.3 Å². The molecule has 8 nitrogen and oxygen atoms in total. The lowest BCUT2D eigenvalue weighted by molar-refractivity contribution is -0.139. The fourth-order valence-corrected chi connectivity index (χ4v) is 5.20. The van der Waals surface area contributed by atoms with Crippen LogP contribution in [-0.2, 0) is 9.53 Å². The Morgan fingerprint density at radius 2 is 1.95 bits per heavy atom. The molecule has 192 valence electrons. The number of methoxy groups -OCH3 is 2. The highest BCUT2D eigenvalue weighted by Crippen LogP contribution is 2.37. The minimum Gasteiger partial charge on any atom is -0.497 e. The molecule has 0 unspecified atom stereocenters. The van der Waals surface area contributed by atoms with Crippen LogP contribution in [0.4, 0.5) is 0 Å². The third-order valence-electron chi connectivity index (χ3n) is 5.81. The molecule has 37 heavy (non-hydrogen) atoms. The summed E-state index contributed by atoms with van der Waals surface area (Å²) in [5, 5.41) is 0. The maximum absolute atomic E-state index is 13.9. The molecule has 2 aromatic carbocycles. The number of carbonyl (C=O) groups is 1. The topological polar surface area (TPSA) is 88.3 Å². The number of rotatable bonds is 9. The number of fused-ring (bicyclic) bond motifs is 1. The van der Waals surface area contributed by atoms with Crippen molar-refractivity contribution in [2.45, 2.75) is 19.9 Å². The van der Waals surface area contributed by atoms with E-state index < -0.39 is 12.0 Å². The minimum atomic E-state index is -0.824. The van der Waals surface area contributed by atoms with E-state index in [0.717, 1.165) is 5.56 Å². The van der Waals surface area contributed by atoms with Gasteiger partial charge in [0, 0.05) is 11.1 Å². The molecule has 2 heterocycles. The van der Waals surface area contributed by atoms with Gasteiger partial charge in [0.05, 0.1) is 36.6 Å². The van der Waals surface area contributed by atoms with Crippen LogP contribution in [0, 0.1) is 0 Å². The number of hydrogen-bond donors (Lipinski definition) is 0. The summed E-state index contributed by atoms with van der Waals surface area (Å²) >= 11 is 1.24. The first-order valence-corrected chi connectivity index (χ1v) is 12.5. The van der Waals surface area contributed by atoms with Gasteiger partial charge in [0.1, 0.15) is 29.9 Å². The van der Waals surface area contributed by atoms with Gasteiger partial charge in [-0.05, 0) is 44.2 Å². The van der Waals surface area contributed by atoms with Crippen LogP contribution in [0.1, 0.15) is 31.0 Å². The summed E-state index contributed by atoms with van der Waals surface area (Å²) in [4.78, 5) is 32.1. The van der Waals surface area contributed by atoms with Crippen molar-refractivity contribution < 1.29 is 23.7 Å². The molecule has 9 heteroatoms. The highest BCUT2D eigenvalue weighted by atomic mass is 32.1. The zero-order valence-corrected chi connectivity index (χ0v) is 22.0. The molecule has 0 fully saturated rings. The number of carbonyl (C=O) groups excluding carboxylic acids is 1. The van der Waals surface area contributed by atoms with Crippen molar-refractivity contribution in [2.24, 2.45) is 4.99 Å². The summed E-state index contributed by atoms with van der Waals surface area (Å²) in [6.45, 7) is 7.68. The molecule has 3 aromatic rings. The van der Waals surface area contributed by atoms with Crippen molar-refractivity contribution in [1.29, 1.82) is 0 Å². The predicted octanol–water partition coefficient (Wildman–Crippen LogP) is 3.38. The zero-order valence-electron chi connectivity index (χ0n) is 21.1. The quantitative estimate of drug-likeness (QED) is 0.318. The molecule has 0 radical (unpaired) electrons. The molecular formula is C28H28N2O6S. The lowest BCUT2D eigenvalue weighted by Gasteiger charge is -2.26. The third kappa shape index (κ3) is 5.08. The van der Waals surface area contributed by atoms with Gasteiger partial charge in [-0.15, -0.1) is 0 Å². The number of ether oxygens (including phenoxy) is 4. The molecule has 4 rings (SSSR count). The van der Waals surface area contributed by atoms with Gasteiger partial charge in [-0.1, -0.05) is 42.2 Å². The lowest BCUT2D eigenvalue weighted by Crippen LogP contribution is -2.40. The van der Waals surface area contributed by atoms with E-state index in [0.29, 0.717) is 44.4 Å². The molecule has 0 bridgehead atoms. The van der Waals surface area contributed by atoms with Crippen LogP contribution in [0.25, 0.3) is 6.08 Å². The van der Waals surface area contributed by atoms with E-state index in [1.807, 2.05) is 24.3 Å². The molecule has 1 atom stereocenters. The summed E-state index contributed by atoms with van der Waals surface area (Å²) in [7, 11) is 3.09. The third-order valence-corrected chi connectivity index (χ3v) is 6.79. The van der Waals surface area contributed by atoms with E-state index in [1.165, 1.54) is 23.0 Å². The second kappa shape index (κ2) is 11.3. The van der Waals surface area contributed by atoms with Crippen LogP contribution in [0.2, 0.25) is 0 Å². The summed E-state index contributed by atoms with van der Waals surface area (Å²) in [5.74, 6) is 1.14. The Balaban J connectivity index is 1.99. The smallest absolute Gasteiger partial charge is 0.338 e. The number of thiazole rings is 1. The Morgan fingerprint density at radius 3 is 2.65 bits per heavy atom. The van der Waals surface area contributed by atoms with Gasteiger partial charge in [0.2, 0.25) is 0 Å². The van der Waals surface area contributed by atoms with Crippen molar-refractivity contribution in [1.82, 2.24) is 4.57 Å². The highest BCUT2D eigenvalue weighted by molar-refractivity contribution is 7.07. The SMILES string of the molecule is C=CCOc1ccccc1/C=c1\sc2n(c1=O)[C@@H](c1cc(OC)ccc1OC)C(C(=O)OCC)=C(C)N=2. The second-order valence-electron chi connectivity index (χ2n) is 8.05. The maximum Gasteiger partial charge on any atom is 0.338 e. The van der Waals surface area contributed by atoms with Crippen molar-refractivity contribution in [2.75, 3.05) is 27.4 Å². The average molecular weight is 521 g/mol. The van der Waals surface area contributed by atoms with Crippen LogP contribution in [0.3, 0.4) is 0 Å². The van der Waals surface area contributed by atoms with Crippen LogP contribution in [0.5, 0.6) is 17.2 Å². The first-order valence-electron chi connectivity index (χ1n) is 11.7. The molecule has 0 spiro atoms. The first kappa shape index (κ1) is 26.0. The Kier molecular flexibility index (Phi) is 7.93. The van der Waals surface area contributed by atoms with Crippen LogP contribution in [0.15, 0.2) is 76.2 Å². The van der Waals surface area contributed by atoms with Crippen molar-refractivity contribution in [3.63, 3.8) is 0 Å². The van der Waals surface area contributed by atoms with E-state index in [4.69, 9.17) is 18.9 Å². The summed E-state index contributed by atoms with van der Waals surface area (Å²) in [6, 6.07) is 11.9. The number of nitrogens with zero attached hydrogens (tertiary/aromatic N) is 2. The molecule has 0 amide bonds. The van der Waals surface area contributed by atoms with Gasteiger partial charge in [-0.2, -0.15) is 0 Å². The highest BCUT2D eigenvalue weighted by Gasteiger charge is 2.35. The second-order valence-corrected chi connectivity index (χ2v) is 9.06. The van der Waals surface area contributed by atoms with E-state index in [2.05, 4.69) is 11.6 Å². The Morgan fingerprint density at radius 1 is 1.16 bits per heavy atom. The van der Waals surface area contributed by atoms with Crippen molar-refractivity contribution >= 4 is 23.4 Å². The number of aromatic nitrogens is 1. The number of hydrogen-bond acceptors (Lipinski definition) is 8. The normalized spacial score (nSPS) is 15.0. The summed E-state index contributed by atoms with van der Waals surface area (Å²) < 4.78 is 24.2. The molecule has 0 saturated heterocycles. The van der Waals surface area contributed by atoms with Gasteiger partial charge in [0.25, 0.3) is 5.56 Å². The standard InChI is InChI=1S/C28H28N2O6S/c1-6-14-36-21-11-9-8-10-18(21)15-23-26(31)30-25(20-16-19(33-4)12-13-22(20)34-5)24(27(32)35-7-2)17(3)29-28(30)37-23/h6,8-13,15-16,25H,1,7,14H2,2-5H3/b23-15-/t25-/m0/s1. The fraction of sp³-hybridized carbons (Fsp3) is 0.250. The van der Waals surface area contributed by atoms with E-state index >= 15 is 0 Å². The van der Waals surface area contributed by atoms with Crippen LogP contribution < -0.4 is 29.1 Å². The molecule has 1 aromatic heterocycles. The van der Waals surface area contributed by atoms with E-state index in [9.17, 15) is 9.59 Å². The summed E-state index contributed by atoms with van der Waals surface area (Å²) in [6.07, 6.45) is 3.43. The zero-order chi connectivity index (χ0) is 26.5. The molecule has 0 aliphatic carbocycles. The van der Waals surface area contributed by atoms with Crippen molar-refractivity contribution in [3.8, 4) is 17.2 Å². The molecular weight excluding hydrogens is 492 g/mol. The van der Waals surface area contributed by atoms with Gasteiger partial charge in [0.15, 0.2) is 4.80 Å². The Labute approximate surface area is 218 Å². The first-order chi connectivity index (χ1) is 17.9. The average Bonchev–Trinajstić information content (AvgIpc) is 3.21. The number of benzene rings is 2. The minimum absolute atomic E-state index is 0.184. The number of esters is 1. The predicted molar refractivity (Wildman–Crippen MR) is 142 cm³/mol. The van der Waals surface area contributed by atoms with Gasteiger partial charge in [-0.3, -0.25) is 9.36 Å². The van der Waals surface area contributed by atoms with E-state index in [1.54, 1.807) is 51.3 Å². The Bertz CT molecular complexity index is 1550. The van der Waals surface area contributed by atoms with Gasteiger partial charge >= 0.3 is 5.97 Å². The summed E-state index contributed by atoms with van der Waals surface area (Å²) in [5.41, 5.74) is 1.76. The lowest BCUT2D eigenvalue weighted by atomic mass is 9.94. The number of para-hydroxylation sites is 1. The van der Waals surface area contributed by atoms with Crippen molar-refractivity contribution in [3.05, 3.63) is 97.2 Å². The molecule has 0 saturated carbocycles.